The van der Waals surface area contributed by atoms with Crippen molar-refractivity contribution in [1.29, 1.82) is 0 Å². The van der Waals surface area contributed by atoms with Gasteiger partial charge >= 0.3 is 0 Å². The molecule has 1 nitrogen and oxygen atoms in total. The maximum Gasteiger partial charge on any atom is 0.0914 e. The first-order valence-electron chi connectivity index (χ1n) is 6.16. The molecule has 0 fully saturated rings. The molecule has 1 unspecified atom stereocenters. The summed E-state index contributed by atoms with van der Waals surface area (Å²) in [5, 5.41) is 0. The number of halogens is 1. The Morgan fingerprint density at radius 2 is 1.76 bits per heavy atom. The van der Waals surface area contributed by atoms with Crippen LogP contribution in [0.3, 0.4) is 0 Å². The van der Waals surface area contributed by atoms with E-state index in [9.17, 15) is 0 Å². The summed E-state index contributed by atoms with van der Waals surface area (Å²) in [5.74, 6) is 0. The Kier molecular flexibility index (Phi) is 5.93. The van der Waals surface area contributed by atoms with Crippen molar-refractivity contribution in [3.63, 3.8) is 0 Å². The molecule has 0 spiro atoms. The molecule has 0 saturated heterocycles. The molecule has 0 aromatic heterocycles. The Balaban J connectivity index is 2.51. The molecule has 0 amide bonds. The van der Waals surface area contributed by atoms with Crippen molar-refractivity contribution in [3.05, 3.63) is 35.4 Å². The standard InChI is InChI=1S/C15H23IO/c1-12-5-7-13(8-6-12)14(11-16)17-10-9-15(2,3)4/h5-8,14H,9-11H2,1-4H3. The quantitative estimate of drug-likeness (QED) is 0.543. The van der Waals surface area contributed by atoms with Crippen LogP contribution in [0.5, 0.6) is 0 Å². The molecule has 0 heterocycles. The molecule has 0 bridgehead atoms. The smallest absolute Gasteiger partial charge is 0.0914 e. The molecular formula is C15H23IO. The van der Waals surface area contributed by atoms with Crippen LogP contribution in [-0.4, -0.2) is 11.0 Å². The number of hydrogen-bond acceptors (Lipinski definition) is 1. The van der Waals surface area contributed by atoms with Crippen molar-refractivity contribution in [2.75, 3.05) is 11.0 Å². The Morgan fingerprint density at radius 3 is 2.24 bits per heavy atom. The number of aryl methyl sites for hydroxylation is 1. The summed E-state index contributed by atoms with van der Waals surface area (Å²) in [7, 11) is 0. The Bertz CT molecular complexity index is 324. The van der Waals surface area contributed by atoms with Gasteiger partial charge in [0.05, 0.1) is 6.10 Å². The lowest BCUT2D eigenvalue weighted by atomic mass is 9.93. The summed E-state index contributed by atoms with van der Waals surface area (Å²) in [6, 6.07) is 8.66. The molecule has 0 N–H and O–H groups in total. The number of ether oxygens (including phenoxy) is 1. The monoisotopic (exact) mass is 346 g/mol. The van der Waals surface area contributed by atoms with Crippen LogP contribution in [0.2, 0.25) is 0 Å². The fourth-order valence-corrected chi connectivity index (χ4v) is 2.28. The molecule has 0 radical (unpaired) electrons. The van der Waals surface area contributed by atoms with E-state index in [2.05, 4.69) is 74.6 Å². The third-order valence-electron chi connectivity index (χ3n) is 2.76. The lowest BCUT2D eigenvalue weighted by Gasteiger charge is -2.21. The Morgan fingerprint density at radius 1 is 1.18 bits per heavy atom. The Labute approximate surface area is 119 Å². The lowest BCUT2D eigenvalue weighted by Crippen LogP contribution is -2.13. The van der Waals surface area contributed by atoms with Gasteiger partial charge in [-0.25, -0.2) is 0 Å². The summed E-state index contributed by atoms with van der Waals surface area (Å²) in [6.07, 6.45) is 1.34. The number of hydrogen-bond donors (Lipinski definition) is 0. The summed E-state index contributed by atoms with van der Waals surface area (Å²) < 4.78 is 6.99. The highest BCUT2D eigenvalue weighted by molar-refractivity contribution is 14.1. The maximum atomic E-state index is 5.99. The van der Waals surface area contributed by atoms with Gasteiger partial charge in [0.25, 0.3) is 0 Å². The van der Waals surface area contributed by atoms with Gasteiger partial charge in [-0.3, -0.25) is 0 Å². The summed E-state index contributed by atoms with van der Waals surface area (Å²) in [4.78, 5) is 0. The third kappa shape index (κ3) is 5.87. The fraction of sp³-hybridized carbons (Fsp3) is 0.600. The normalized spacial score (nSPS) is 13.7. The van der Waals surface area contributed by atoms with Crippen LogP contribution < -0.4 is 0 Å². The highest BCUT2D eigenvalue weighted by Gasteiger charge is 2.14. The molecule has 0 aliphatic heterocycles. The van der Waals surface area contributed by atoms with Crippen molar-refractivity contribution in [3.8, 4) is 0 Å². The van der Waals surface area contributed by atoms with E-state index in [1.54, 1.807) is 0 Å². The molecule has 1 aromatic rings. The average Bonchev–Trinajstić information content (AvgIpc) is 2.24. The zero-order valence-electron chi connectivity index (χ0n) is 11.3. The van der Waals surface area contributed by atoms with Gasteiger partial charge in [-0.05, 0) is 24.3 Å². The lowest BCUT2D eigenvalue weighted by molar-refractivity contribution is 0.0531. The molecular weight excluding hydrogens is 323 g/mol. The van der Waals surface area contributed by atoms with Gasteiger partial charge in [0.2, 0.25) is 0 Å². The van der Waals surface area contributed by atoms with Gasteiger partial charge in [-0.15, -0.1) is 0 Å². The molecule has 1 aromatic carbocycles. The van der Waals surface area contributed by atoms with Gasteiger partial charge in [-0.2, -0.15) is 0 Å². The largest absolute Gasteiger partial charge is 0.373 e. The van der Waals surface area contributed by atoms with E-state index in [1.807, 2.05) is 0 Å². The molecule has 0 aliphatic rings. The molecule has 1 atom stereocenters. The van der Waals surface area contributed by atoms with E-state index in [0.717, 1.165) is 17.5 Å². The average molecular weight is 346 g/mol. The van der Waals surface area contributed by atoms with Gasteiger partial charge in [-0.1, -0.05) is 73.2 Å². The van der Waals surface area contributed by atoms with E-state index in [1.165, 1.54) is 11.1 Å². The van der Waals surface area contributed by atoms with Crippen LogP contribution in [0.1, 0.15) is 44.4 Å². The van der Waals surface area contributed by atoms with Crippen LogP contribution in [-0.2, 0) is 4.74 Å². The second kappa shape index (κ2) is 6.74. The van der Waals surface area contributed by atoms with Crippen LogP contribution in [0.4, 0.5) is 0 Å². The van der Waals surface area contributed by atoms with Gasteiger partial charge in [0.1, 0.15) is 0 Å². The minimum atomic E-state index is 0.235. The predicted molar refractivity (Wildman–Crippen MR) is 82.8 cm³/mol. The molecule has 96 valence electrons. The van der Waals surface area contributed by atoms with E-state index in [0.29, 0.717) is 5.41 Å². The molecule has 2 heteroatoms. The second-order valence-electron chi connectivity index (χ2n) is 5.74. The van der Waals surface area contributed by atoms with Crippen molar-refractivity contribution in [2.24, 2.45) is 5.41 Å². The Hall–Kier alpha value is -0.0900. The SMILES string of the molecule is Cc1ccc(C(CI)OCCC(C)(C)C)cc1. The number of alkyl halides is 1. The van der Waals surface area contributed by atoms with E-state index >= 15 is 0 Å². The summed E-state index contributed by atoms with van der Waals surface area (Å²) in [5.41, 5.74) is 2.94. The van der Waals surface area contributed by atoms with E-state index in [4.69, 9.17) is 4.74 Å². The minimum absolute atomic E-state index is 0.235. The first kappa shape index (κ1) is 15.0. The van der Waals surface area contributed by atoms with Crippen LogP contribution in [0, 0.1) is 12.3 Å². The van der Waals surface area contributed by atoms with Crippen LogP contribution in [0.15, 0.2) is 24.3 Å². The zero-order valence-corrected chi connectivity index (χ0v) is 13.5. The first-order chi connectivity index (χ1) is 7.92. The van der Waals surface area contributed by atoms with Crippen LogP contribution >= 0.6 is 22.6 Å². The molecule has 0 aliphatic carbocycles. The van der Waals surface area contributed by atoms with E-state index in [-0.39, 0.29) is 6.10 Å². The number of benzene rings is 1. The van der Waals surface area contributed by atoms with Crippen molar-refractivity contribution >= 4 is 22.6 Å². The fourth-order valence-electron chi connectivity index (χ4n) is 1.52. The highest BCUT2D eigenvalue weighted by Crippen LogP contribution is 2.24. The maximum absolute atomic E-state index is 5.99. The molecule has 17 heavy (non-hydrogen) atoms. The molecule has 1 rings (SSSR count). The van der Waals surface area contributed by atoms with Crippen molar-refractivity contribution in [1.82, 2.24) is 0 Å². The molecule has 0 saturated carbocycles. The van der Waals surface area contributed by atoms with E-state index < -0.39 is 0 Å². The van der Waals surface area contributed by atoms with Crippen molar-refractivity contribution in [2.45, 2.75) is 40.2 Å². The van der Waals surface area contributed by atoms with Gasteiger partial charge in [0, 0.05) is 11.0 Å². The topological polar surface area (TPSA) is 9.23 Å². The first-order valence-corrected chi connectivity index (χ1v) is 7.69. The van der Waals surface area contributed by atoms with Gasteiger partial charge < -0.3 is 4.74 Å². The third-order valence-corrected chi connectivity index (χ3v) is 3.56. The highest BCUT2D eigenvalue weighted by atomic mass is 127. The minimum Gasteiger partial charge on any atom is -0.373 e. The van der Waals surface area contributed by atoms with Crippen LogP contribution in [0.25, 0.3) is 0 Å². The zero-order chi connectivity index (χ0) is 12.9. The van der Waals surface area contributed by atoms with Crippen molar-refractivity contribution < 1.29 is 4.74 Å². The predicted octanol–water partition coefficient (Wildman–Crippen LogP) is 4.92. The second-order valence-corrected chi connectivity index (χ2v) is 6.62. The summed E-state index contributed by atoms with van der Waals surface area (Å²) >= 11 is 2.40. The van der Waals surface area contributed by atoms with Gasteiger partial charge in [0.15, 0.2) is 0 Å². The summed E-state index contributed by atoms with van der Waals surface area (Å²) in [6.45, 7) is 9.71. The number of rotatable bonds is 5.